The second-order valence-electron chi connectivity index (χ2n) is 8.38. The van der Waals surface area contributed by atoms with Crippen LogP contribution in [0.3, 0.4) is 0 Å². The van der Waals surface area contributed by atoms with E-state index in [0.717, 1.165) is 0 Å². The Hall–Kier alpha value is -1.41. The van der Waals surface area contributed by atoms with Crippen molar-refractivity contribution in [2.45, 2.75) is 83.0 Å². The van der Waals surface area contributed by atoms with Crippen LogP contribution >= 0.6 is 0 Å². The molecule has 0 spiro atoms. The van der Waals surface area contributed by atoms with E-state index in [4.69, 9.17) is 13.9 Å². The van der Waals surface area contributed by atoms with Gasteiger partial charge in [-0.05, 0) is 18.1 Å². The normalized spacial score (nSPS) is 29.6. The number of ether oxygens (including phenoxy) is 2. The zero-order valence-electron chi connectivity index (χ0n) is 16.1. The van der Waals surface area contributed by atoms with Gasteiger partial charge >= 0.3 is 12.1 Å². The number of amides is 1. The number of carbonyl (C=O) groups is 3. The highest BCUT2D eigenvalue weighted by molar-refractivity contribution is 6.74. The van der Waals surface area contributed by atoms with E-state index >= 15 is 0 Å². The number of rotatable bonds is 3. The van der Waals surface area contributed by atoms with Gasteiger partial charge in [-0.15, -0.1) is 0 Å². The molecule has 2 heterocycles. The lowest BCUT2D eigenvalue weighted by atomic mass is 10.0. The molecule has 2 aliphatic heterocycles. The highest BCUT2D eigenvalue weighted by Gasteiger charge is 2.59. The summed E-state index contributed by atoms with van der Waals surface area (Å²) in [5, 5.41) is -0.0510. The number of ketones is 1. The van der Waals surface area contributed by atoms with Crippen LogP contribution in [0.1, 0.15) is 40.5 Å². The molecule has 0 aromatic carbocycles. The molecule has 1 amide bonds. The number of nitrogens with zero attached hydrogens (tertiary/aromatic N) is 1. The molecule has 0 N–H and O–H groups in total. The van der Waals surface area contributed by atoms with E-state index in [0.29, 0.717) is 0 Å². The molecule has 0 unspecified atom stereocenters. The van der Waals surface area contributed by atoms with Gasteiger partial charge in [0.1, 0.15) is 18.0 Å². The fourth-order valence-corrected chi connectivity index (χ4v) is 4.68. The van der Waals surface area contributed by atoms with Crippen molar-refractivity contribution in [1.29, 1.82) is 0 Å². The third-order valence-corrected chi connectivity index (χ3v) is 10.1. The first-order valence-electron chi connectivity index (χ1n) is 8.62. The molecule has 0 aliphatic carbocycles. The van der Waals surface area contributed by atoms with Crippen molar-refractivity contribution in [3.05, 3.63) is 0 Å². The second kappa shape index (κ2) is 6.72. The van der Waals surface area contributed by atoms with E-state index in [2.05, 4.69) is 33.9 Å². The van der Waals surface area contributed by atoms with Gasteiger partial charge in [0.05, 0.1) is 19.2 Å². The standard InChI is InChI=1S/C17H29NO6Si/c1-10(19)23-14-12-8-11(20)9-13(18(12)16(21)22-5)15(14)24-25(6,7)17(2,3)4/h12-15H,8-9H2,1-7H3/t12-,13+,14-,15+/m0/s1. The predicted molar refractivity (Wildman–Crippen MR) is 93.7 cm³/mol. The molecule has 8 heteroatoms. The van der Waals surface area contributed by atoms with E-state index in [1.165, 1.54) is 18.9 Å². The van der Waals surface area contributed by atoms with Gasteiger partial charge in [0.25, 0.3) is 0 Å². The fourth-order valence-electron chi connectivity index (χ4n) is 3.36. The quantitative estimate of drug-likeness (QED) is 0.560. The Morgan fingerprint density at radius 1 is 1.12 bits per heavy atom. The first-order chi connectivity index (χ1) is 11.4. The Morgan fingerprint density at radius 2 is 1.64 bits per heavy atom. The van der Waals surface area contributed by atoms with Gasteiger partial charge in [-0.1, -0.05) is 20.8 Å². The zero-order chi connectivity index (χ0) is 19.2. The number of Topliss-reactive ketones (excluding diaryl/α,β-unsaturated/α-hetero) is 1. The number of carbonyl (C=O) groups excluding carboxylic acids is 3. The Kier molecular flexibility index (Phi) is 5.35. The van der Waals surface area contributed by atoms with Crippen LogP contribution in [0, 0.1) is 0 Å². The molecule has 0 radical (unpaired) electrons. The monoisotopic (exact) mass is 371 g/mol. The highest BCUT2D eigenvalue weighted by Crippen LogP contribution is 2.44. The predicted octanol–water partition coefficient (Wildman–Crippen LogP) is 2.49. The van der Waals surface area contributed by atoms with E-state index in [-0.39, 0.29) is 23.7 Å². The van der Waals surface area contributed by atoms with Gasteiger partial charge in [0.15, 0.2) is 8.32 Å². The van der Waals surface area contributed by atoms with Crippen LogP contribution in [0.25, 0.3) is 0 Å². The summed E-state index contributed by atoms with van der Waals surface area (Å²) < 4.78 is 16.9. The maximum atomic E-state index is 12.3. The molecule has 0 aromatic rings. The Balaban J connectivity index is 2.41. The van der Waals surface area contributed by atoms with Gasteiger partial charge in [-0.25, -0.2) is 4.79 Å². The van der Waals surface area contributed by atoms with Gasteiger partial charge in [0, 0.05) is 19.8 Å². The van der Waals surface area contributed by atoms with Gasteiger partial charge in [0.2, 0.25) is 0 Å². The number of fused-ring (bicyclic) bond motifs is 2. The van der Waals surface area contributed by atoms with Gasteiger partial charge in [-0.3, -0.25) is 14.5 Å². The molecule has 2 saturated heterocycles. The molecule has 2 bridgehead atoms. The highest BCUT2D eigenvalue weighted by atomic mass is 28.4. The molecule has 0 saturated carbocycles. The summed E-state index contributed by atoms with van der Waals surface area (Å²) >= 11 is 0. The number of methoxy groups -OCH3 is 1. The summed E-state index contributed by atoms with van der Waals surface area (Å²) in [6.45, 7) is 11.9. The van der Waals surface area contributed by atoms with Crippen molar-refractivity contribution in [2.24, 2.45) is 0 Å². The van der Waals surface area contributed by atoms with Crippen LogP contribution < -0.4 is 0 Å². The summed E-state index contributed by atoms with van der Waals surface area (Å²) in [7, 11) is -0.892. The molecule has 0 aromatic heterocycles. The van der Waals surface area contributed by atoms with Crippen LogP contribution in [0.2, 0.25) is 18.1 Å². The lowest BCUT2D eigenvalue weighted by Gasteiger charge is -2.40. The second-order valence-corrected chi connectivity index (χ2v) is 13.1. The Labute approximate surface area is 150 Å². The van der Waals surface area contributed by atoms with Crippen molar-refractivity contribution in [1.82, 2.24) is 4.90 Å². The van der Waals surface area contributed by atoms with Gasteiger partial charge in [-0.2, -0.15) is 0 Å². The summed E-state index contributed by atoms with van der Waals surface area (Å²) in [6, 6.07) is -0.991. The van der Waals surface area contributed by atoms with Crippen molar-refractivity contribution in [3.8, 4) is 0 Å². The molecule has 4 atom stereocenters. The molecule has 2 aliphatic rings. The first-order valence-corrected chi connectivity index (χ1v) is 11.5. The summed E-state index contributed by atoms with van der Waals surface area (Å²) in [4.78, 5) is 37.6. The number of hydrogen-bond donors (Lipinski definition) is 0. The molecular weight excluding hydrogens is 342 g/mol. The minimum absolute atomic E-state index is 0.0497. The SMILES string of the molecule is COC(=O)N1[C@@H]2CC(=O)C[C@H]1[C@H](OC(C)=O)[C@@H]2O[Si](C)(C)C(C)(C)C. The summed E-state index contributed by atoms with van der Waals surface area (Å²) in [5.74, 6) is -0.396. The van der Waals surface area contributed by atoms with Gasteiger partial charge < -0.3 is 13.9 Å². The smallest absolute Gasteiger partial charge is 0.410 e. The Bertz CT molecular complexity index is 570. The van der Waals surface area contributed by atoms with E-state index in [1.54, 1.807) is 0 Å². The lowest BCUT2D eigenvalue weighted by molar-refractivity contribution is -0.151. The van der Waals surface area contributed by atoms with Crippen LogP contribution in [-0.4, -0.2) is 62.5 Å². The zero-order valence-corrected chi connectivity index (χ0v) is 17.1. The minimum Gasteiger partial charge on any atom is -0.458 e. The molecule has 2 fully saturated rings. The number of esters is 1. The average molecular weight is 372 g/mol. The maximum absolute atomic E-state index is 12.3. The number of hydrogen-bond acceptors (Lipinski definition) is 6. The van der Waals surface area contributed by atoms with Crippen molar-refractivity contribution < 1.29 is 28.3 Å². The fraction of sp³-hybridized carbons (Fsp3) is 0.824. The topological polar surface area (TPSA) is 82.1 Å². The minimum atomic E-state index is -2.20. The molecular formula is C17H29NO6Si. The molecule has 142 valence electrons. The van der Waals surface area contributed by atoms with Crippen LogP contribution in [-0.2, 0) is 23.5 Å². The number of piperidine rings is 1. The van der Waals surface area contributed by atoms with E-state index < -0.39 is 44.7 Å². The Morgan fingerprint density at radius 3 is 2.08 bits per heavy atom. The van der Waals surface area contributed by atoms with Crippen LogP contribution in [0.15, 0.2) is 0 Å². The lowest BCUT2D eigenvalue weighted by Crippen LogP contribution is -2.51. The third kappa shape index (κ3) is 3.74. The largest absolute Gasteiger partial charge is 0.458 e. The van der Waals surface area contributed by atoms with Crippen LogP contribution in [0.4, 0.5) is 4.79 Å². The molecule has 7 nitrogen and oxygen atoms in total. The summed E-state index contributed by atoms with van der Waals surface area (Å²) in [5.41, 5.74) is 0. The molecule has 25 heavy (non-hydrogen) atoms. The first kappa shape index (κ1) is 19.9. The van der Waals surface area contributed by atoms with E-state index in [9.17, 15) is 14.4 Å². The third-order valence-electron chi connectivity index (χ3n) is 5.59. The summed E-state index contributed by atoms with van der Waals surface area (Å²) in [6.07, 6.45) is -1.33. The molecule has 2 rings (SSSR count). The van der Waals surface area contributed by atoms with Crippen molar-refractivity contribution >= 4 is 26.2 Å². The van der Waals surface area contributed by atoms with Crippen LogP contribution in [0.5, 0.6) is 0 Å². The average Bonchev–Trinajstić information content (AvgIpc) is 2.63. The van der Waals surface area contributed by atoms with Crippen molar-refractivity contribution in [2.75, 3.05) is 7.11 Å². The van der Waals surface area contributed by atoms with Crippen molar-refractivity contribution in [3.63, 3.8) is 0 Å². The maximum Gasteiger partial charge on any atom is 0.410 e. The van der Waals surface area contributed by atoms with E-state index in [1.807, 2.05) is 0 Å².